The van der Waals surface area contributed by atoms with Crippen LogP contribution in [0.2, 0.25) is 0 Å². The Morgan fingerprint density at radius 3 is 2.70 bits per heavy atom. The van der Waals surface area contributed by atoms with Crippen LogP contribution in [0, 0.1) is 0 Å². The summed E-state index contributed by atoms with van der Waals surface area (Å²) in [4.78, 5) is 15.5. The number of carboxylic acids is 1. The highest BCUT2D eigenvalue weighted by Crippen LogP contribution is 2.12. The van der Waals surface area contributed by atoms with Crippen molar-refractivity contribution in [3.63, 3.8) is 0 Å². The van der Waals surface area contributed by atoms with Crippen LogP contribution in [0.25, 0.3) is 0 Å². The first kappa shape index (κ1) is 14.7. The molecular weight excluding hydrogens is 322 g/mol. The lowest BCUT2D eigenvalue weighted by Crippen LogP contribution is -2.38. The number of halogens is 1. The number of rotatable bonds is 6. The van der Waals surface area contributed by atoms with Gasteiger partial charge in [0.05, 0.1) is 6.54 Å². The lowest BCUT2D eigenvalue weighted by Gasteiger charge is -2.14. The average Bonchev–Trinajstić information content (AvgIpc) is 2.82. The molecule has 0 fully saturated rings. The Morgan fingerprint density at radius 1 is 1.45 bits per heavy atom. The molecule has 2 N–H and O–H groups in total. The molecule has 1 atom stereocenters. The van der Waals surface area contributed by atoms with E-state index in [0.29, 0.717) is 13.0 Å². The Balaban J connectivity index is 1.99. The molecule has 0 saturated carbocycles. The molecule has 1 heterocycles. The maximum absolute atomic E-state index is 11.3. The van der Waals surface area contributed by atoms with Crippen molar-refractivity contribution in [1.29, 1.82) is 0 Å². The van der Waals surface area contributed by atoms with Gasteiger partial charge in [-0.2, -0.15) is 0 Å². The quantitative estimate of drug-likeness (QED) is 0.845. The molecule has 1 aromatic carbocycles. The fourth-order valence-electron chi connectivity index (χ4n) is 1.88. The Kier molecular flexibility index (Phi) is 4.92. The van der Waals surface area contributed by atoms with E-state index >= 15 is 0 Å². The number of carbonyl (C=O) groups is 1. The van der Waals surface area contributed by atoms with Crippen molar-refractivity contribution in [3.05, 3.63) is 52.5 Å². The summed E-state index contributed by atoms with van der Waals surface area (Å²) >= 11 is 3.36. The molecular formula is C14H16BrN3O2. The van der Waals surface area contributed by atoms with Gasteiger partial charge in [0.1, 0.15) is 11.9 Å². The molecule has 5 nitrogen and oxygen atoms in total. The normalized spacial score (nSPS) is 12.3. The molecule has 0 bridgehead atoms. The standard InChI is InChI=1S/C14H16BrN3O2/c1-18-7-6-16-13(18)9-17-12(14(19)20)8-10-2-4-11(15)5-3-10/h2-7,12,17H,8-9H2,1H3,(H,19,20)/t12-/m0/s1. The van der Waals surface area contributed by atoms with Crippen LogP contribution in [-0.4, -0.2) is 26.7 Å². The highest BCUT2D eigenvalue weighted by Gasteiger charge is 2.18. The Labute approximate surface area is 125 Å². The maximum atomic E-state index is 11.3. The van der Waals surface area contributed by atoms with Gasteiger partial charge in [-0.1, -0.05) is 28.1 Å². The van der Waals surface area contributed by atoms with Gasteiger partial charge in [0.15, 0.2) is 0 Å². The number of imidazole rings is 1. The number of hydrogen-bond acceptors (Lipinski definition) is 3. The average molecular weight is 338 g/mol. The minimum absolute atomic E-state index is 0.428. The van der Waals surface area contributed by atoms with Crippen LogP contribution in [0.5, 0.6) is 0 Å². The molecule has 0 spiro atoms. The highest BCUT2D eigenvalue weighted by molar-refractivity contribution is 9.10. The number of carboxylic acid groups (broad SMARTS) is 1. The van der Waals surface area contributed by atoms with E-state index in [9.17, 15) is 9.90 Å². The first-order valence-electron chi connectivity index (χ1n) is 6.23. The van der Waals surface area contributed by atoms with E-state index in [1.54, 1.807) is 6.20 Å². The predicted molar refractivity (Wildman–Crippen MR) is 79.3 cm³/mol. The van der Waals surface area contributed by atoms with Gasteiger partial charge in [-0.3, -0.25) is 10.1 Å². The van der Waals surface area contributed by atoms with E-state index in [1.807, 2.05) is 42.1 Å². The molecule has 2 aromatic rings. The van der Waals surface area contributed by atoms with E-state index in [0.717, 1.165) is 15.9 Å². The van der Waals surface area contributed by atoms with Gasteiger partial charge >= 0.3 is 5.97 Å². The molecule has 0 aliphatic carbocycles. The molecule has 0 amide bonds. The first-order valence-corrected chi connectivity index (χ1v) is 7.02. The van der Waals surface area contributed by atoms with Crippen molar-refractivity contribution in [1.82, 2.24) is 14.9 Å². The second-order valence-corrected chi connectivity index (χ2v) is 5.47. The second kappa shape index (κ2) is 6.67. The zero-order chi connectivity index (χ0) is 14.5. The summed E-state index contributed by atoms with van der Waals surface area (Å²) in [5, 5.41) is 12.3. The van der Waals surface area contributed by atoms with Gasteiger partial charge < -0.3 is 9.67 Å². The summed E-state index contributed by atoms with van der Waals surface area (Å²) in [7, 11) is 1.88. The van der Waals surface area contributed by atoms with Crippen molar-refractivity contribution < 1.29 is 9.90 Å². The van der Waals surface area contributed by atoms with E-state index in [-0.39, 0.29) is 0 Å². The first-order chi connectivity index (χ1) is 9.56. The van der Waals surface area contributed by atoms with Crippen molar-refractivity contribution >= 4 is 21.9 Å². The third-order valence-electron chi connectivity index (χ3n) is 3.08. The van der Waals surface area contributed by atoms with Crippen LogP contribution in [0.1, 0.15) is 11.4 Å². The largest absolute Gasteiger partial charge is 0.480 e. The minimum atomic E-state index is -0.859. The summed E-state index contributed by atoms with van der Waals surface area (Å²) in [5.41, 5.74) is 0.980. The molecule has 0 unspecified atom stereocenters. The Bertz CT molecular complexity index is 580. The number of benzene rings is 1. The van der Waals surface area contributed by atoms with Crippen LogP contribution in [0.15, 0.2) is 41.1 Å². The molecule has 0 saturated heterocycles. The number of nitrogens with one attached hydrogen (secondary N) is 1. The van der Waals surface area contributed by atoms with E-state index in [2.05, 4.69) is 26.2 Å². The number of aromatic nitrogens is 2. The second-order valence-electron chi connectivity index (χ2n) is 4.56. The summed E-state index contributed by atoms with van der Waals surface area (Å²) in [6.07, 6.45) is 3.97. The summed E-state index contributed by atoms with van der Waals surface area (Å²) in [6, 6.07) is 7.03. The van der Waals surface area contributed by atoms with Gasteiger partial charge in [-0.15, -0.1) is 0 Å². The van der Waals surface area contributed by atoms with Crippen molar-refractivity contribution in [2.24, 2.45) is 7.05 Å². The molecule has 0 aliphatic rings. The lowest BCUT2D eigenvalue weighted by atomic mass is 10.1. The maximum Gasteiger partial charge on any atom is 0.321 e. The van der Waals surface area contributed by atoms with Gasteiger partial charge in [0, 0.05) is 23.9 Å². The zero-order valence-electron chi connectivity index (χ0n) is 11.1. The van der Waals surface area contributed by atoms with E-state index in [4.69, 9.17) is 0 Å². The van der Waals surface area contributed by atoms with Crippen LogP contribution >= 0.6 is 15.9 Å². The van der Waals surface area contributed by atoms with Crippen molar-refractivity contribution in [2.75, 3.05) is 0 Å². The van der Waals surface area contributed by atoms with Crippen molar-refractivity contribution in [2.45, 2.75) is 19.0 Å². The van der Waals surface area contributed by atoms with Gasteiger partial charge in [0.25, 0.3) is 0 Å². The molecule has 0 aliphatic heterocycles. The molecule has 0 radical (unpaired) electrons. The topological polar surface area (TPSA) is 67.2 Å². The van der Waals surface area contributed by atoms with Gasteiger partial charge in [-0.25, -0.2) is 4.98 Å². The smallest absolute Gasteiger partial charge is 0.321 e. The number of aliphatic carboxylic acids is 1. The number of aryl methyl sites for hydroxylation is 1. The minimum Gasteiger partial charge on any atom is -0.480 e. The third kappa shape index (κ3) is 3.91. The predicted octanol–water partition coefficient (Wildman–Crippen LogP) is 1.97. The number of nitrogens with zero attached hydrogens (tertiary/aromatic N) is 2. The van der Waals surface area contributed by atoms with Crippen LogP contribution in [-0.2, 0) is 24.8 Å². The summed E-state index contributed by atoms with van der Waals surface area (Å²) in [6.45, 7) is 0.428. The van der Waals surface area contributed by atoms with E-state index in [1.165, 1.54) is 0 Å². The monoisotopic (exact) mass is 337 g/mol. The fraction of sp³-hybridized carbons (Fsp3) is 0.286. The Morgan fingerprint density at radius 2 is 2.15 bits per heavy atom. The van der Waals surface area contributed by atoms with E-state index < -0.39 is 12.0 Å². The van der Waals surface area contributed by atoms with Gasteiger partial charge in [0.2, 0.25) is 0 Å². The van der Waals surface area contributed by atoms with Crippen molar-refractivity contribution in [3.8, 4) is 0 Å². The van der Waals surface area contributed by atoms with Crippen LogP contribution < -0.4 is 5.32 Å². The molecule has 6 heteroatoms. The Hall–Kier alpha value is -1.66. The van der Waals surface area contributed by atoms with Crippen LogP contribution in [0.4, 0.5) is 0 Å². The molecule has 20 heavy (non-hydrogen) atoms. The van der Waals surface area contributed by atoms with Crippen LogP contribution in [0.3, 0.4) is 0 Å². The molecule has 106 valence electrons. The number of hydrogen-bond donors (Lipinski definition) is 2. The zero-order valence-corrected chi connectivity index (χ0v) is 12.7. The third-order valence-corrected chi connectivity index (χ3v) is 3.61. The molecule has 1 aromatic heterocycles. The van der Waals surface area contributed by atoms with Gasteiger partial charge in [-0.05, 0) is 24.1 Å². The summed E-state index contributed by atoms with van der Waals surface area (Å²) in [5.74, 6) is -0.0471. The fourth-order valence-corrected chi connectivity index (χ4v) is 2.15. The lowest BCUT2D eigenvalue weighted by molar-refractivity contribution is -0.139. The summed E-state index contributed by atoms with van der Waals surface area (Å²) < 4.78 is 2.85. The molecule has 2 rings (SSSR count). The highest BCUT2D eigenvalue weighted by atomic mass is 79.9. The SMILES string of the molecule is Cn1ccnc1CN[C@@H](Cc1ccc(Br)cc1)C(=O)O.